The monoisotopic (exact) mass is 391 g/mol. The molecule has 1 N–H and O–H groups in total. The number of hydrogen-bond acceptors (Lipinski definition) is 3. The van der Waals surface area contributed by atoms with E-state index in [4.69, 9.17) is 12.2 Å². The van der Waals surface area contributed by atoms with Crippen LogP contribution in [0.3, 0.4) is 0 Å². The van der Waals surface area contributed by atoms with Gasteiger partial charge in [-0.2, -0.15) is 0 Å². The predicted molar refractivity (Wildman–Crippen MR) is 115 cm³/mol. The standard InChI is InChI=1S/C22H25N5S/c1-4-26-21(20(25-22(26)28)19-9-5-6-11-24-19)18-12-15(2)27(16(18)3)14-17-8-7-10-23-13-17/h5-13,20-21H,4,14H2,1-3H3,(H,25,28)/t20-,21-/m0/s1. The Morgan fingerprint density at radius 1 is 1.14 bits per heavy atom. The summed E-state index contributed by atoms with van der Waals surface area (Å²) in [6.07, 6.45) is 5.59. The molecule has 6 heteroatoms. The number of hydrogen-bond donors (Lipinski definition) is 1. The molecule has 0 radical (unpaired) electrons. The highest BCUT2D eigenvalue weighted by Gasteiger charge is 2.40. The zero-order valence-corrected chi connectivity index (χ0v) is 17.3. The molecule has 28 heavy (non-hydrogen) atoms. The van der Waals surface area contributed by atoms with Crippen LogP contribution in [-0.4, -0.2) is 31.1 Å². The molecule has 4 heterocycles. The van der Waals surface area contributed by atoms with Gasteiger partial charge in [-0.05, 0) is 68.4 Å². The fourth-order valence-corrected chi connectivity index (χ4v) is 4.50. The van der Waals surface area contributed by atoms with Crippen LogP contribution in [0.4, 0.5) is 0 Å². The van der Waals surface area contributed by atoms with E-state index in [1.54, 1.807) is 0 Å². The van der Waals surface area contributed by atoms with E-state index in [1.165, 1.54) is 22.5 Å². The lowest BCUT2D eigenvalue weighted by Crippen LogP contribution is -2.29. The van der Waals surface area contributed by atoms with Crippen LogP contribution >= 0.6 is 12.2 Å². The summed E-state index contributed by atoms with van der Waals surface area (Å²) in [7, 11) is 0. The summed E-state index contributed by atoms with van der Waals surface area (Å²) >= 11 is 5.65. The maximum Gasteiger partial charge on any atom is 0.170 e. The van der Waals surface area contributed by atoms with Gasteiger partial charge in [-0.25, -0.2) is 0 Å². The Kier molecular flexibility index (Phi) is 5.13. The van der Waals surface area contributed by atoms with E-state index in [0.717, 1.165) is 23.9 Å². The SMILES string of the molecule is CCN1C(=S)N[C@@H](c2ccccn2)[C@@H]1c1cc(C)n(Cc2cccnc2)c1C. The Balaban J connectivity index is 1.75. The average molecular weight is 392 g/mol. The van der Waals surface area contributed by atoms with Crippen molar-refractivity contribution < 1.29 is 0 Å². The number of thiocarbonyl (C=S) groups is 1. The van der Waals surface area contributed by atoms with Crippen molar-refractivity contribution in [1.82, 2.24) is 24.8 Å². The number of aryl methyl sites for hydroxylation is 1. The maximum absolute atomic E-state index is 5.65. The maximum atomic E-state index is 5.65. The molecule has 1 aliphatic rings. The molecule has 0 saturated carbocycles. The minimum atomic E-state index is 0.0426. The summed E-state index contributed by atoms with van der Waals surface area (Å²) in [6.45, 7) is 8.18. The highest BCUT2D eigenvalue weighted by atomic mass is 32.1. The first-order valence-corrected chi connectivity index (χ1v) is 10.0. The molecule has 0 bridgehead atoms. The molecule has 1 saturated heterocycles. The second-order valence-electron chi connectivity index (χ2n) is 7.19. The zero-order chi connectivity index (χ0) is 19.7. The summed E-state index contributed by atoms with van der Waals surface area (Å²) < 4.78 is 2.36. The number of nitrogens with zero attached hydrogens (tertiary/aromatic N) is 4. The van der Waals surface area contributed by atoms with Crippen molar-refractivity contribution in [3.8, 4) is 0 Å². The van der Waals surface area contributed by atoms with Crippen LogP contribution < -0.4 is 5.32 Å². The van der Waals surface area contributed by atoms with Crippen LogP contribution in [0.2, 0.25) is 0 Å². The topological polar surface area (TPSA) is 46.0 Å². The van der Waals surface area contributed by atoms with Gasteiger partial charge in [-0.1, -0.05) is 12.1 Å². The van der Waals surface area contributed by atoms with Crippen LogP contribution in [0.25, 0.3) is 0 Å². The molecule has 3 aromatic heterocycles. The summed E-state index contributed by atoms with van der Waals surface area (Å²) in [5.41, 5.74) is 6.01. The lowest BCUT2D eigenvalue weighted by Gasteiger charge is -2.27. The molecule has 0 spiro atoms. The van der Waals surface area contributed by atoms with E-state index in [9.17, 15) is 0 Å². The summed E-state index contributed by atoms with van der Waals surface area (Å²) in [4.78, 5) is 11.1. The third-order valence-electron chi connectivity index (χ3n) is 5.53. The van der Waals surface area contributed by atoms with Crippen LogP contribution in [0.5, 0.6) is 0 Å². The van der Waals surface area contributed by atoms with Gasteiger partial charge in [-0.3, -0.25) is 9.97 Å². The van der Waals surface area contributed by atoms with Gasteiger partial charge in [0.1, 0.15) is 0 Å². The Morgan fingerprint density at radius 2 is 2.00 bits per heavy atom. The second kappa shape index (κ2) is 7.72. The number of nitrogens with one attached hydrogen (secondary N) is 1. The van der Waals surface area contributed by atoms with E-state index in [2.05, 4.69) is 63.7 Å². The van der Waals surface area contributed by atoms with Crippen LogP contribution in [0.15, 0.2) is 55.0 Å². The highest BCUT2D eigenvalue weighted by molar-refractivity contribution is 7.80. The molecule has 0 amide bonds. The Hall–Kier alpha value is -2.73. The minimum Gasteiger partial charge on any atom is -0.352 e. The molecule has 4 rings (SSSR count). The van der Waals surface area contributed by atoms with Crippen LogP contribution in [0.1, 0.15) is 47.2 Å². The van der Waals surface area contributed by atoms with Crippen molar-refractivity contribution in [3.63, 3.8) is 0 Å². The molecular weight excluding hydrogens is 366 g/mol. The predicted octanol–water partition coefficient (Wildman–Crippen LogP) is 3.94. The quantitative estimate of drug-likeness (QED) is 0.668. The smallest absolute Gasteiger partial charge is 0.170 e. The van der Waals surface area contributed by atoms with Crippen molar-refractivity contribution in [2.75, 3.05) is 6.54 Å². The first-order chi connectivity index (χ1) is 13.6. The minimum absolute atomic E-state index is 0.0426. The third kappa shape index (κ3) is 3.29. The largest absolute Gasteiger partial charge is 0.352 e. The molecule has 0 aliphatic carbocycles. The van der Waals surface area contributed by atoms with Crippen molar-refractivity contribution >= 4 is 17.3 Å². The van der Waals surface area contributed by atoms with Gasteiger partial charge in [0, 0.05) is 43.1 Å². The average Bonchev–Trinajstić information content (AvgIpc) is 3.20. The number of rotatable bonds is 5. The van der Waals surface area contributed by atoms with Crippen molar-refractivity contribution in [3.05, 3.63) is 83.2 Å². The van der Waals surface area contributed by atoms with Crippen molar-refractivity contribution in [2.45, 2.75) is 39.4 Å². The van der Waals surface area contributed by atoms with E-state index >= 15 is 0 Å². The molecule has 1 aliphatic heterocycles. The lowest BCUT2D eigenvalue weighted by molar-refractivity contribution is 0.329. The normalized spacial score (nSPS) is 19.1. The Bertz CT molecular complexity index is 967. The van der Waals surface area contributed by atoms with Crippen LogP contribution in [-0.2, 0) is 6.54 Å². The van der Waals surface area contributed by atoms with Crippen molar-refractivity contribution in [1.29, 1.82) is 0 Å². The van der Waals surface area contributed by atoms with E-state index in [-0.39, 0.29) is 12.1 Å². The van der Waals surface area contributed by atoms with Crippen LogP contribution in [0, 0.1) is 13.8 Å². The molecule has 3 aromatic rings. The zero-order valence-electron chi connectivity index (χ0n) is 16.5. The fraction of sp³-hybridized carbons (Fsp3) is 0.318. The first-order valence-electron chi connectivity index (χ1n) is 9.63. The lowest BCUT2D eigenvalue weighted by atomic mass is 9.97. The molecule has 144 valence electrons. The Labute approximate surface area is 171 Å². The van der Waals surface area contributed by atoms with Gasteiger partial charge < -0.3 is 14.8 Å². The number of aromatic nitrogens is 3. The summed E-state index contributed by atoms with van der Waals surface area (Å²) in [6, 6.07) is 12.6. The number of pyridine rings is 2. The number of likely N-dealkylation sites (N-methyl/N-ethyl adjacent to an activating group) is 1. The van der Waals surface area contributed by atoms with Crippen molar-refractivity contribution in [2.24, 2.45) is 0 Å². The van der Waals surface area contributed by atoms with Gasteiger partial charge in [0.15, 0.2) is 5.11 Å². The van der Waals surface area contributed by atoms with Gasteiger partial charge in [-0.15, -0.1) is 0 Å². The van der Waals surface area contributed by atoms with Gasteiger partial charge in [0.2, 0.25) is 0 Å². The fourth-order valence-electron chi connectivity index (χ4n) is 4.13. The van der Waals surface area contributed by atoms with Gasteiger partial charge in [0.25, 0.3) is 0 Å². The van der Waals surface area contributed by atoms with Gasteiger partial charge in [0.05, 0.1) is 17.8 Å². The molecule has 1 fully saturated rings. The molecule has 2 atom stereocenters. The summed E-state index contributed by atoms with van der Waals surface area (Å²) in [5, 5.41) is 4.29. The van der Waals surface area contributed by atoms with E-state index < -0.39 is 0 Å². The Morgan fingerprint density at radius 3 is 2.68 bits per heavy atom. The molecule has 0 unspecified atom stereocenters. The highest BCUT2D eigenvalue weighted by Crippen LogP contribution is 2.40. The van der Waals surface area contributed by atoms with Gasteiger partial charge >= 0.3 is 0 Å². The van der Waals surface area contributed by atoms with E-state index in [0.29, 0.717) is 0 Å². The first kappa shape index (κ1) is 18.6. The third-order valence-corrected chi connectivity index (χ3v) is 5.89. The molecular formula is C22H25N5S. The molecule has 5 nitrogen and oxygen atoms in total. The second-order valence-corrected chi connectivity index (χ2v) is 7.57. The summed E-state index contributed by atoms with van der Waals surface area (Å²) in [5.74, 6) is 0. The molecule has 0 aromatic carbocycles. The van der Waals surface area contributed by atoms with E-state index in [1.807, 2.05) is 36.8 Å².